The monoisotopic (exact) mass is 304 g/mol. The van der Waals surface area contributed by atoms with E-state index in [1.807, 2.05) is 0 Å². The topological polar surface area (TPSA) is 142 Å². The standard InChI is InChI=1S/C12H20N2O7/c1-6(2)9(11(19)21-3)14-12(20)13-7(10(17)18)4-5-8(15)16/h6-7,9H,4-5H2,1-3H3,(H,15,16)(H,17,18)(H2,13,14,20). The van der Waals surface area contributed by atoms with Gasteiger partial charge in [-0.25, -0.2) is 14.4 Å². The molecule has 120 valence electrons. The molecule has 0 rings (SSSR count). The van der Waals surface area contributed by atoms with Crippen LogP contribution in [0.2, 0.25) is 0 Å². The number of carbonyl (C=O) groups excluding carboxylic acids is 2. The van der Waals surface area contributed by atoms with Crippen molar-refractivity contribution in [2.24, 2.45) is 5.92 Å². The highest BCUT2D eigenvalue weighted by molar-refractivity contribution is 5.86. The molecular formula is C12H20N2O7. The van der Waals surface area contributed by atoms with Gasteiger partial charge in [-0.15, -0.1) is 0 Å². The van der Waals surface area contributed by atoms with Gasteiger partial charge < -0.3 is 25.6 Å². The van der Waals surface area contributed by atoms with Gasteiger partial charge >= 0.3 is 23.9 Å². The van der Waals surface area contributed by atoms with Gasteiger partial charge in [-0.2, -0.15) is 0 Å². The molecule has 0 heterocycles. The van der Waals surface area contributed by atoms with E-state index >= 15 is 0 Å². The number of esters is 1. The number of nitrogens with one attached hydrogen (secondary N) is 2. The van der Waals surface area contributed by atoms with Crippen LogP contribution in [0.1, 0.15) is 26.7 Å². The summed E-state index contributed by atoms with van der Waals surface area (Å²) < 4.78 is 4.53. The Labute approximate surface area is 121 Å². The average Bonchev–Trinajstić information content (AvgIpc) is 2.38. The van der Waals surface area contributed by atoms with Crippen LogP contribution in [0.4, 0.5) is 4.79 Å². The number of hydrogen-bond acceptors (Lipinski definition) is 5. The molecule has 0 aliphatic rings. The van der Waals surface area contributed by atoms with Crippen LogP contribution >= 0.6 is 0 Å². The highest BCUT2D eigenvalue weighted by Gasteiger charge is 2.27. The summed E-state index contributed by atoms with van der Waals surface area (Å²) in [4.78, 5) is 44.5. The average molecular weight is 304 g/mol. The zero-order chi connectivity index (χ0) is 16.6. The maximum atomic E-state index is 11.7. The molecule has 21 heavy (non-hydrogen) atoms. The van der Waals surface area contributed by atoms with Crippen LogP contribution in [-0.2, 0) is 19.1 Å². The van der Waals surface area contributed by atoms with E-state index in [0.717, 1.165) is 0 Å². The highest BCUT2D eigenvalue weighted by Crippen LogP contribution is 2.04. The van der Waals surface area contributed by atoms with Crippen molar-refractivity contribution in [2.45, 2.75) is 38.8 Å². The smallest absolute Gasteiger partial charge is 0.328 e. The summed E-state index contributed by atoms with van der Waals surface area (Å²) in [5.74, 6) is -3.44. The molecule has 0 saturated heterocycles. The van der Waals surface area contributed by atoms with Gasteiger partial charge in [-0.3, -0.25) is 4.79 Å². The maximum absolute atomic E-state index is 11.7. The van der Waals surface area contributed by atoms with Crippen molar-refractivity contribution in [1.82, 2.24) is 10.6 Å². The van der Waals surface area contributed by atoms with Crippen molar-refractivity contribution in [3.63, 3.8) is 0 Å². The second-order valence-corrected chi connectivity index (χ2v) is 4.69. The Hall–Kier alpha value is -2.32. The SMILES string of the molecule is COC(=O)C(NC(=O)NC(CCC(=O)O)C(=O)O)C(C)C. The third kappa shape index (κ3) is 7.14. The van der Waals surface area contributed by atoms with Gasteiger partial charge in [0, 0.05) is 6.42 Å². The summed E-state index contributed by atoms with van der Waals surface area (Å²) in [6, 6.07) is -3.16. The molecule has 0 radical (unpaired) electrons. The van der Waals surface area contributed by atoms with Crippen LogP contribution in [0.5, 0.6) is 0 Å². The number of ether oxygens (including phenoxy) is 1. The first kappa shape index (κ1) is 18.7. The molecule has 9 nitrogen and oxygen atoms in total. The van der Waals surface area contributed by atoms with Gasteiger partial charge in [-0.1, -0.05) is 13.8 Å². The lowest BCUT2D eigenvalue weighted by Crippen LogP contribution is -2.53. The molecule has 2 amide bonds. The molecule has 2 atom stereocenters. The Morgan fingerprint density at radius 3 is 2.05 bits per heavy atom. The van der Waals surface area contributed by atoms with E-state index in [1.54, 1.807) is 13.8 Å². The van der Waals surface area contributed by atoms with E-state index in [9.17, 15) is 19.2 Å². The van der Waals surface area contributed by atoms with E-state index in [0.29, 0.717) is 0 Å². The third-order valence-electron chi connectivity index (χ3n) is 2.66. The number of urea groups is 1. The molecule has 0 aromatic carbocycles. The van der Waals surface area contributed by atoms with E-state index in [4.69, 9.17) is 10.2 Å². The minimum absolute atomic E-state index is 0.259. The van der Waals surface area contributed by atoms with Crippen LogP contribution in [0.15, 0.2) is 0 Å². The number of carbonyl (C=O) groups is 4. The Bertz CT molecular complexity index is 408. The Kier molecular flexibility index (Phi) is 7.80. The molecule has 0 saturated carbocycles. The fourth-order valence-electron chi connectivity index (χ4n) is 1.49. The van der Waals surface area contributed by atoms with Gasteiger partial charge in [0.25, 0.3) is 0 Å². The quantitative estimate of drug-likeness (QED) is 0.455. The van der Waals surface area contributed by atoms with Crippen molar-refractivity contribution >= 4 is 23.9 Å². The van der Waals surface area contributed by atoms with Crippen molar-refractivity contribution in [3.05, 3.63) is 0 Å². The largest absolute Gasteiger partial charge is 0.481 e. The fourth-order valence-corrected chi connectivity index (χ4v) is 1.49. The minimum Gasteiger partial charge on any atom is -0.481 e. The Balaban J connectivity index is 4.64. The maximum Gasteiger partial charge on any atom is 0.328 e. The first-order valence-corrected chi connectivity index (χ1v) is 6.28. The van der Waals surface area contributed by atoms with Crippen LogP contribution in [0, 0.1) is 5.92 Å². The lowest BCUT2D eigenvalue weighted by atomic mass is 10.1. The summed E-state index contributed by atoms with van der Waals surface area (Å²) in [5.41, 5.74) is 0. The molecule has 0 aromatic heterocycles. The van der Waals surface area contributed by atoms with E-state index in [-0.39, 0.29) is 12.3 Å². The fraction of sp³-hybridized carbons (Fsp3) is 0.667. The van der Waals surface area contributed by atoms with Gasteiger partial charge in [0.1, 0.15) is 12.1 Å². The van der Waals surface area contributed by atoms with Crippen LogP contribution < -0.4 is 10.6 Å². The molecule has 0 aromatic rings. The Morgan fingerprint density at radius 2 is 1.67 bits per heavy atom. The third-order valence-corrected chi connectivity index (χ3v) is 2.66. The van der Waals surface area contributed by atoms with Crippen molar-refractivity contribution in [3.8, 4) is 0 Å². The molecule has 0 aliphatic heterocycles. The summed E-state index contributed by atoms with van der Waals surface area (Å²) in [7, 11) is 1.17. The predicted octanol–water partition coefficient (Wildman–Crippen LogP) is -0.199. The van der Waals surface area contributed by atoms with Crippen LogP contribution in [0.3, 0.4) is 0 Å². The minimum atomic E-state index is -1.36. The number of amides is 2. The van der Waals surface area contributed by atoms with E-state index in [2.05, 4.69) is 15.4 Å². The molecule has 2 unspecified atom stereocenters. The normalized spacial score (nSPS) is 13.1. The van der Waals surface area contributed by atoms with Gasteiger partial charge in [0.05, 0.1) is 7.11 Å². The summed E-state index contributed by atoms with van der Waals surface area (Å²) >= 11 is 0. The zero-order valence-electron chi connectivity index (χ0n) is 12.1. The van der Waals surface area contributed by atoms with E-state index < -0.39 is 42.4 Å². The number of carboxylic acid groups (broad SMARTS) is 2. The number of rotatable bonds is 8. The van der Waals surface area contributed by atoms with Crippen LogP contribution in [-0.4, -0.2) is 53.3 Å². The van der Waals surface area contributed by atoms with E-state index in [1.165, 1.54) is 7.11 Å². The summed E-state index contributed by atoms with van der Waals surface area (Å²) in [6.45, 7) is 3.36. The first-order valence-electron chi connectivity index (χ1n) is 6.28. The highest BCUT2D eigenvalue weighted by atomic mass is 16.5. The second-order valence-electron chi connectivity index (χ2n) is 4.69. The van der Waals surface area contributed by atoms with Crippen molar-refractivity contribution < 1.29 is 34.1 Å². The van der Waals surface area contributed by atoms with Gasteiger partial charge in [0.2, 0.25) is 0 Å². The molecule has 0 spiro atoms. The molecule has 4 N–H and O–H groups in total. The summed E-state index contributed by atoms with van der Waals surface area (Å²) in [6.07, 6.45) is -0.662. The number of carboxylic acids is 2. The lowest BCUT2D eigenvalue weighted by Gasteiger charge is -2.21. The van der Waals surface area contributed by atoms with Crippen LogP contribution in [0.25, 0.3) is 0 Å². The second kappa shape index (κ2) is 8.77. The predicted molar refractivity (Wildman–Crippen MR) is 70.6 cm³/mol. The molecule has 0 bridgehead atoms. The molecular weight excluding hydrogens is 284 g/mol. The first-order chi connectivity index (χ1) is 9.68. The van der Waals surface area contributed by atoms with Gasteiger partial charge in [0.15, 0.2) is 0 Å². The lowest BCUT2D eigenvalue weighted by molar-refractivity contribution is -0.144. The number of aliphatic carboxylic acids is 2. The van der Waals surface area contributed by atoms with Crippen molar-refractivity contribution in [1.29, 1.82) is 0 Å². The summed E-state index contributed by atoms with van der Waals surface area (Å²) in [5, 5.41) is 21.8. The molecule has 9 heteroatoms. The molecule has 0 fully saturated rings. The Morgan fingerprint density at radius 1 is 1.10 bits per heavy atom. The number of methoxy groups -OCH3 is 1. The van der Waals surface area contributed by atoms with Crippen molar-refractivity contribution in [2.75, 3.05) is 7.11 Å². The van der Waals surface area contributed by atoms with Gasteiger partial charge in [-0.05, 0) is 12.3 Å². The zero-order valence-corrected chi connectivity index (χ0v) is 12.1. The number of hydrogen-bond donors (Lipinski definition) is 4. The molecule has 0 aliphatic carbocycles.